The lowest BCUT2D eigenvalue weighted by Crippen LogP contribution is -2.52. The fourth-order valence-electron chi connectivity index (χ4n) is 4.32. The molecule has 1 saturated heterocycles. The highest BCUT2D eigenvalue weighted by atomic mass is 16.3. The van der Waals surface area contributed by atoms with Crippen molar-refractivity contribution in [2.45, 2.75) is 18.9 Å². The molecule has 10 nitrogen and oxygen atoms in total. The van der Waals surface area contributed by atoms with E-state index in [0.29, 0.717) is 28.9 Å². The zero-order valence-electron chi connectivity index (χ0n) is 17.7. The number of pyridine rings is 1. The molecule has 10 heteroatoms. The molecule has 6 rings (SSSR count). The van der Waals surface area contributed by atoms with E-state index in [2.05, 4.69) is 40.7 Å². The largest absolute Gasteiger partial charge is 0.507 e. The van der Waals surface area contributed by atoms with Crippen molar-refractivity contribution in [3.8, 4) is 28.1 Å². The number of fused-ring (bicyclic) bond motifs is 1. The predicted octanol–water partition coefficient (Wildman–Crippen LogP) is 1.78. The summed E-state index contributed by atoms with van der Waals surface area (Å²) in [5.74, 6) is 1.54. The van der Waals surface area contributed by atoms with E-state index >= 15 is 0 Å². The van der Waals surface area contributed by atoms with Gasteiger partial charge in [-0.1, -0.05) is 11.3 Å². The van der Waals surface area contributed by atoms with Gasteiger partial charge >= 0.3 is 0 Å². The Morgan fingerprint density at radius 3 is 2.72 bits per heavy atom. The molecule has 3 aromatic heterocycles. The summed E-state index contributed by atoms with van der Waals surface area (Å²) in [5, 5.41) is 31.0. The van der Waals surface area contributed by atoms with Crippen molar-refractivity contribution in [1.29, 1.82) is 0 Å². The maximum Gasteiger partial charge on any atom is 0.245 e. The van der Waals surface area contributed by atoms with Crippen molar-refractivity contribution in [2.75, 3.05) is 24.5 Å². The average molecular weight is 429 g/mol. The standard InChI is InChI=1S/C22H23N9O/c1-30-19-8-15(10-24-21(19)27-29-30)14-4-5-16(20(32)9-14)17-11-25-22(28-26-17)31-7-6-23-18(12-31)13-2-3-13/h4-5,8-11,13,18,23,32H,2-3,6-7,12H2,1H3/t18-/m1/s1. The lowest BCUT2D eigenvalue weighted by Gasteiger charge is -2.33. The van der Waals surface area contributed by atoms with Crippen LogP contribution in [-0.2, 0) is 7.05 Å². The molecule has 1 atom stereocenters. The monoisotopic (exact) mass is 429 g/mol. The number of benzene rings is 1. The third-order valence-electron chi connectivity index (χ3n) is 6.31. The van der Waals surface area contributed by atoms with E-state index in [1.54, 1.807) is 23.1 Å². The number of nitrogens with zero attached hydrogens (tertiary/aromatic N) is 8. The van der Waals surface area contributed by atoms with Gasteiger partial charge in [-0.3, -0.25) is 0 Å². The molecule has 2 aliphatic rings. The maximum atomic E-state index is 10.7. The summed E-state index contributed by atoms with van der Waals surface area (Å²) in [6.07, 6.45) is 6.02. The molecule has 1 aromatic carbocycles. The van der Waals surface area contributed by atoms with Crippen LogP contribution in [0.15, 0.2) is 36.7 Å². The van der Waals surface area contributed by atoms with E-state index < -0.39 is 0 Å². The van der Waals surface area contributed by atoms with Crippen LogP contribution in [0.1, 0.15) is 12.8 Å². The minimum atomic E-state index is 0.116. The molecule has 2 N–H and O–H groups in total. The van der Waals surface area contributed by atoms with Crippen LogP contribution in [0.5, 0.6) is 5.75 Å². The quantitative estimate of drug-likeness (QED) is 0.500. The summed E-state index contributed by atoms with van der Waals surface area (Å²) in [6.45, 7) is 2.72. The van der Waals surface area contributed by atoms with Gasteiger partial charge in [0.05, 0.1) is 6.20 Å². The SMILES string of the molecule is Cn1nnc2ncc(-c3ccc(-c4cnc(N5CCN[C@@H](C6CC6)C5)nn4)c(O)c3)cc21. The number of rotatable bonds is 4. The number of nitrogens with one attached hydrogen (secondary N) is 1. The Balaban J connectivity index is 1.24. The van der Waals surface area contributed by atoms with E-state index in [9.17, 15) is 5.11 Å². The van der Waals surface area contributed by atoms with Crippen molar-refractivity contribution < 1.29 is 5.11 Å². The molecule has 1 saturated carbocycles. The molecule has 0 unspecified atom stereocenters. The Morgan fingerprint density at radius 1 is 1.03 bits per heavy atom. The van der Waals surface area contributed by atoms with Crippen molar-refractivity contribution >= 4 is 17.1 Å². The minimum Gasteiger partial charge on any atom is -0.507 e. The highest BCUT2D eigenvalue weighted by Gasteiger charge is 2.34. The van der Waals surface area contributed by atoms with Crippen molar-refractivity contribution in [2.24, 2.45) is 13.0 Å². The van der Waals surface area contributed by atoms with E-state index in [4.69, 9.17) is 0 Å². The molecular formula is C22H23N9O. The van der Waals surface area contributed by atoms with Gasteiger partial charge in [0.1, 0.15) is 17.0 Å². The molecule has 0 spiro atoms. The number of hydrogen-bond donors (Lipinski definition) is 2. The average Bonchev–Trinajstić information content (AvgIpc) is 3.62. The first-order valence-corrected chi connectivity index (χ1v) is 10.8. The summed E-state index contributed by atoms with van der Waals surface area (Å²) >= 11 is 0. The van der Waals surface area contributed by atoms with Crippen LogP contribution in [0, 0.1) is 5.92 Å². The van der Waals surface area contributed by atoms with Gasteiger partial charge in [0.15, 0.2) is 0 Å². The summed E-state index contributed by atoms with van der Waals surface area (Å²) in [6, 6.07) is 7.92. The second-order valence-electron chi connectivity index (χ2n) is 8.50. The number of aromatic nitrogens is 7. The number of aromatic hydroxyl groups is 1. The van der Waals surface area contributed by atoms with Gasteiger partial charge in [-0.05, 0) is 42.5 Å². The van der Waals surface area contributed by atoms with Gasteiger partial charge in [0.2, 0.25) is 11.6 Å². The first-order valence-electron chi connectivity index (χ1n) is 10.8. The molecule has 4 heterocycles. The van der Waals surface area contributed by atoms with Crippen LogP contribution in [0.2, 0.25) is 0 Å². The summed E-state index contributed by atoms with van der Waals surface area (Å²) < 4.78 is 1.67. The van der Waals surface area contributed by atoms with Crippen LogP contribution < -0.4 is 10.2 Å². The van der Waals surface area contributed by atoms with Crippen molar-refractivity contribution in [3.63, 3.8) is 0 Å². The minimum absolute atomic E-state index is 0.116. The molecule has 1 aliphatic carbocycles. The molecule has 2 fully saturated rings. The second-order valence-corrected chi connectivity index (χ2v) is 8.50. The smallest absolute Gasteiger partial charge is 0.245 e. The number of aryl methyl sites for hydroxylation is 1. The van der Waals surface area contributed by atoms with Gasteiger partial charge < -0.3 is 15.3 Å². The zero-order chi connectivity index (χ0) is 21.7. The predicted molar refractivity (Wildman–Crippen MR) is 119 cm³/mol. The first kappa shape index (κ1) is 19.1. The van der Waals surface area contributed by atoms with Gasteiger partial charge in [-0.25, -0.2) is 14.6 Å². The van der Waals surface area contributed by atoms with Crippen LogP contribution in [0.25, 0.3) is 33.5 Å². The lowest BCUT2D eigenvalue weighted by atomic mass is 10.0. The van der Waals surface area contributed by atoms with Gasteiger partial charge in [-0.2, -0.15) is 0 Å². The zero-order valence-corrected chi connectivity index (χ0v) is 17.7. The normalized spacial score (nSPS) is 18.9. The maximum absolute atomic E-state index is 10.7. The molecule has 0 amide bonds. The second kappa shape index (κ2) is 7.49. The summed E-state index contributed by atoms with van der Waals surface area (Å²) in [5.41, 5.74) is 4.25. The number of piperazine rings is 1. The van der Waals surface area contributed by atoms with Gasteiger partial charge in [-0.15, -0.1) is 15.3 Å². The first-order chi connectivity index (χ1) is 15.7. The number of hydrogen-bond acceptors (Lipinski definition) is 9. The van der Waals surface area contributed by atoms with Crippen molar-refractivity contribution in [3.05, 3.63) is 36.7 Å². The molecular weight excluding hydrogens is 406 g/mol. The Kier molecular flexibility index (Phi) is 4.46. The fraction of sp³-hybridized carbons (Fsp3) is 0.364. The van der Waals surface area contributed by atoms with Crippen LogP contribution in [0.3, 0.4) is 0 Å². The lowest BCUT2D eigenvalue weighted by molar-refractivity contribution is 0.414. The third kappa shape index (κ3) is 3.42. The third-order valence-corrected chi connectivity index (χ3v) is 6.31. The summed E-state index contributed by atoms with van der Waals surface area (Å²) in [7, 11) is 1.82. The molecule has 0 bridgehead atoms. The number of phenols is 1. The number of phenolic OH excluding ortho intramolecular Hbond substituents is 1. The van der Waals surface area contributed by atoms with Crippen LogP contribution >= 0.6 is 0 Å². The Bertz CT molecular complexity index is 1280. The van der Waals surface area contributed by atoms with Crippen LogP contribution in [-0.4, -0.2) is 65.9 Å². The molecule has 0 radical (unpaired) electrons. The Morgan fingerprint density at radius 2 is 1.94 bits per heavy atom. The van der Waals surface area contributed by atoms with E-state index in [1.807, 2.05) is 25.2 Å². The van der Waals surface area contributed by atoms with E-state index in [1.165, 1.54) is 12.8 Å². The topological polar surface area (TPSA) is 118 Å². The number of anilines is 1. The summed E-state index contributed by atoms with van der Waals surface area (Å²) in [4.78, 5) is 11.1. The Hall–Kier alpha value is -3.66. The highest BCUT2D eigenvalue weighted by Crippen LogP contribution is 2.35. The molecule has 1 aliphatic heterocycles. The van der Waals surface area contributed by atoms with Gasteiger partial charge in [0.25, 0.3) is 0 Å². The van der Waals surface area contributed by atoms with Crippen molar-refractivity contribution in [1.82, 2.24) is 40.5 Å². The Labute approximate surface area is 184 Å². The van der Waals surface area contributed by atoms with E-state index in [0.717, 1.165) is 42.2 Å². The molecule has 4 aromatic rings. The van der Waals surface area contributed by atoms with E-state index in [-0.39, 0.29) is 5.75 Å². The van der Waals surface area contributed by atoms with Gasteiger partial charge in [0, 0.05) is 50.0 Å². The fourth-order valence-corrected chi connectivity index (χ4v) is 4.32. The molecule has 162 valence electrons. The highest BCUT2D eigenvalue weighted by molar-refractivity contribution is 5.80. The van der Waals surface area contributed by atoms with Crippen LogP contribution in [0.4, 0.5) is 5.95 Å². The molecule has 32 heavy (non-hydrogen) atoms.